The summed E-state index contributed by atoms with van der Waals surface area (Å²) in [5.74, 6) is -0.370. The molecule has 0 aliphatic rings. The summed E-state index contributed by atoms with van der Waals surface area (Å²) in [6.07, 6.45) is 1.10. The summed E-state index contributed by atoms with van der Waals surface area (Å²) in [5, 5.41) is 9.61. The Balaban J connectivity index is 1.72. The van der Waals surface area contributed by atoms with E-state index < -0.39 is 12.4 Å². The van der Waals surface area contributed by atoms with Gasteiger partial charge in [0.1, 0.15) is 5.75 Å². The van der Waals surface area contributed by atoms with Gasteiger partial charge in [-0.3, -0.25) is 0 Å². The second kappa shape index (κ2) is 8.09. The Hall–Kier alpha value is -2.91. The molecule has 0 unspecified atom stereocenters. The van der Waals surface area contributed by atoms with Gasteiger partial charge >= 0.3 is 12.4 Å². The first kappa shape index (κ1) is 17.4. The molecule has 1 aromatic carbocycles. The van der Waals surface area contributed by atoms with Crippen LogP contribution in [0.4, 0.5) is 23.7 Å². The van der Waals surface area contributed by atoms with Gasteiger partial charge in [0.05, 0.1) is 12.0 Å². The lowest BCUT2D eigenvalue weighted by Crippen LogP contribution is -2.21. The Kier molecular flexibility index (Phi) is 5.88. The highest BCUT2D eigenvalue weighted by atomic mass is 19.4. The third-order valence-corrected chi connectivity index (χ3v) is 2.76. The SMILES string of the molecule is O=C(N=Nc1ccc(OC(F)(F)F)cc1)NCCCn1ccnc1. The van der Waals surface area contributed by atoms with Crippen molar-refractivity contribution in [2.45, 2.75) is 19.3 Å². The summed E-state index contributed by atoms with van der Waals surface area (Å²) in [7, 11) is 0. The summed E-state index contributed by atoms with van der Waals surface area (Å²) >= 11 is 0. The fourth-order valence-electron chi connectivity index (χ4n) is 1.73. The van der Waals surface area contributed by atoms with Crippen LogP contribution in [0.15, 0.2) is 53.2 Å². The molecule has 1 N–H and O–H groups in total. The molecule has 0 spiro atoms. The second-order valence-electron chi connectivity index (χ2n) is 4.63. The minimum atomic E-state index is -4.75. The molecular formula is C14H14F3N5O2. The third kappa shape index (κ3) is 6.46. The third-order valence-electron chi connectivity index (χ3n) is 2.76. The fourth-order valence-corrected chi connectivity index (χ4v) is 1.73. The normalized spacial score (nSPS) is 11.6. The second-order valence-corrected chi connectivity index (χ2v) is 4.63. The summed E-state index contributed by atoms with van der Waals surface area (Å²) in [6.45, 7) is 1.12. The van der Waals surface area contributed by atoms with Crippen molar-refractivity contribution in [3.8, 4) is 5.75 Å². The van der Waals surface area contributed by atoms with Crippen molar-refractivity contribution in [1.29, 1.82) is 0 Å². The number of alkyl halides is 3. The molecule has 128 valence electrons. The van der Waals surface area contributed by atoms with Crippen LogP contribution >= 0.6 is 0 Å². The largest absolute Gasteiger partial charge is 0.573 e. The zero-order valence-corrected chi connectivity index (χ0v) is 12.4. The Morgan fingerprint density at radius 2 is 2.04 bits per heavy atom. The van der Waals surface area contributed by atoms with Crippen LogP contribution in [-0.2, 0) is 6.54 Å². The summed E-state index contributed by atoms with van der Waals surface area (Å²) in [4.78, 5) is 15.4. The van der Waals surface area contributed by atoms with E-state index in [-0.39, 0.29) is 11.4 Å². The molecule has 1 heterocycles. The maximum atomic E-state index is 12.0. The van der Waals surface area contributed by atoms with E-state index in [1.165, 1.54) is 12.1 Å². The number of hydrogen-bond acceptors (Lipinski definition) is 4. The first-order valence-corrected chi connectivity index (χ1v) is 6.93. The molecule has 2 amide bonds. The molecular weight excluding hydrogens is 327 g/mol. The standard InChI is InChI=1S/C14H14F3N5O2/c15-14(16,17)24-12-4-2-11(3-5-12)20-21-13(23)19-6-1-8-22-9-7-18-10-22/h2-5,7,9-10H,1,6,8H2,(H,19,23). The number of carbonyl (C=O) groups is 1. The number of azo groups is 1. The number of benzene rings is 1. The predicted molar refractivity (Wildman–Crippen MR) is 77.9 cm³/mol. The topological polar surface area (TPSA) is 80.9 Å². The van der Waals surface area contributed by atoms with Crippen LogP contribution in [0, 0.1) is 0 Å². The van der Waals surface area contributed by atoms with Gasteiger partial charge in [-0.1, -0.05) is 5.11 Å². The number of rotatable bonds is 6. The Bertz CT molecular complexity index is 669. The summed E-state index contributed by atoms with van der Waals surface area (Å²) in [6, 6.07) is 4.07. The lowest BCUT2D eigenvalue weighted by Gasteiger charge is -2.08. The number of nitrogens with zero attached hydrogens (tertiary/aromatic N) is 4. The molecule has 7 nitrogen and oxygen atoms in total. The zero-order chi connectivity index (χ0) is 17.4. The van der Waals surface area contributed by atoms with Crippen LogP contribution in [0.5, 0.6) is 5.75 Å². The van der Waals surface area contributed by atoms with Crippen LogP contribution in [0.3, 0.4) is 0 Å². The minimum absolute atomic E-state index is 0.234. The van der Waals surface area contributed by atoms with Gasteiger partial charge in [-0.05, 0) is 30.7 Å². The molecule has 0 aliphatic heterocycles. The van der Waals surface area contributed by atoms with Gasteiger partial charge < -0.3 is 14.6 Å². The van der Waals surface area contributed by atoms with Gasteiger partial charge in [0.25, 0.3) is 0 Å². The number of aromatic nitrogens is 2. The Morgan fingerprint density at radius 3 is 2.67 bits per heavy atom. The molecule has 0 aliphatic carbocycles. The van der Waals surface area contributed by atoms with Gasteiger partial charge in [-0.15, -0.1) is 18.3 Å². The van der Waals surface area contributed by atoms with E-state index in [0.717, 1.165) is 12.1 Å². The van der Waals surface area contributed by atoms with Crippen molar-refractivity contribution in [2.24, 2.45) is 10.2 Å². The van der Waals surface area contributed by atoms with Crippen LogP contribution in [0.2, 0.25) is 0 Å². The Labute approximate surface area is 135 Å². The van der Waals surface area contributed by atoms with Gasteiger partial charge in [-0.25, -0.2) is 9.78 Å². The molecule has 0 bridgehead atoms. The highest BCUT2D eigenvalue weighted by molar-refractivity contribution is 5.74. The van der Waals surface area contributed by atoms with Crippen LogP contribution in [0.25, 0.3) is 0 Å². The first-order valence-electron chi connectivity index (χ1n) is 6.93. The number of aryl methyl sites for hydroxylation is 1. The fraction of sp³-hybridized carbons (Fsp3) is 0.286. The van der Waals surface area contributed by atoms with E-state index in [9.17, 15) is 18.0 Å². The van der Waals surface area contributed by atoms with Crippen LogP contribution < -0.4 is 10.1 Å². The molecule has 24 heavy (non-hydrogen) atoms. The van der Waals surface area contributed by atoms with Crippen molar-refractivity contribution >= 4 is 11.7 Å². The molecule has 0 fully saturated rings. The molecule has 1 aromatic heterocycles. The van der Waals surface area contributed by atoms with Gasteiger partial charge in [-0.2, -0.15) is 0 Å². The lowest BCUT2D eigenvalue weighted by atomic mass is 10.3. The predicted octanol–water partition coefficient (Wildman–Crippen LogP) is 3.67. The van der Waals surface area contributed by atoms with Crippen molar-refractivity contribution in [3.05, 3.63) is 43.0 Å². The lowest BCUT2D eigenvalue weighted by molar-refractivity contribution is -0.274. The molecule has 0 saturated heterocycles. The summed E-state index contributed by atoms with van der Waals surface area (Å²) in [5.41, 5.74) is 0.234. The number of imidazole rings is 1. The molecule has 10 heteroatoms. The number of nitrogens with one attached hydrogen (secondary N) is 1. The first-order chi connectivity index (χ1) is 11.4. The number of amides is 2. The quantitative estimate of drug-likeness (QED) is 0.643. The van der Waals surface area contributed by atoms with Crippen LogP contribution in [-0.4, -0.2) is 28.5 Å². The number of hydrogen-bond donors (Lipinski definition) is 1. The highest BCUT2D eigenvalue weighted by Gasteiger charge is 2.30. The molecule has 0 atom stereocenters. The van der Waals surface area contributed by atoms with Crippen molar-refractivity contribution in [1.82, 2.24) is 14.9 Å². The number of halogens is 3. The van der Waals surface area contributed by atoms with Gasteiger partial charge in [0.15, 0.2) is 0 Å². The van der Waals surface area contributed by atoms with E-state index in [0.29, 0.717) is 19.5 Å². The van der Waals surface area contributed by atoms with Crippen molar-refractivity contribution in [3.63, 3.8) is 0 Å². The smallest absolute Gasteiger partial charge is 0.406 e. The molecule has 0 saturated carbocycles. The summed E-state index contributed by atoms with van der Waals surface area (Å²) < 4.78 is 41.6. The highest BCUT2D eigenvalue weighted by Crippen LogP contribution is 2.24. The van der Waals surface area contributed by atoms with E-state index >= 15 is 0 Å². The van der Waals surface area contributed by atoms with Crippen molar-refractivity contribution in [2.75, 3.05) is 6.54 Å². The van der Waals surface area contributed by atoms with E-state index in [1.807, 2.05) is 10.8 Å². The molecule has 2 rings (SSSR count). The average molecular weight is 341 g/mol. The molecule has 2 aromatic rings. The van der Waals surface area contributed by atoms with Gasteiger partial charge in [0, 0.05) is 25.5 Å². The van der Waals surface area contributed by atoms with E-state index in [2.05, 4.69) is 25.3 Å². The maximum Gasteiger partial charge on any atom is 0.573 e. The number of ether oxygens (including phenoxy) is 1. The van der Waals surface area contributed by atoms with E-state index in [4.69, 9.17) is 0 Å². The van der Waals surface area contributed by atoms with E-state index in [1.54, 1.807) is 12.5 Å². The number of urea groups is 1. The zero-order valence-electron chi connectivity index (χ0n) is 12.4. The number of carbonyl (C=O) groups excluding carboxylic acids is 1. The maximum absolute atomic E-state index is 12.0. The monoisotopic (exact) mass is 341 g/mol. The van der Waals surface area contributed by atoms with Crippen molar-refractivity contribution < 1.29 is 22.7 Å². The average Bonchev–Trinajstić information content (AvgIpc) is 3.03. The van der Waals surface area contributed by atoms with Crippen LogP contribution in [0.1, 0.15) is 6.42 Å². The molecule has 0 radical (unpaired) electrons. The van der Waals surface area contributed by atoms with Gasteiger partial charge in [0.2, 0.25) is 0 Å². The minimum Gasteiger partial charge on any atom is -0.406 e. The Morgan fingerprint density at radius 1 is 1.29 bits per heavy atom.